The smallest absolute Gasteiger partial charge is 0.318 e. The van der Waals surface area contributed by atoms with Gasteiger partial charge in [-0.2, -0.15) is 5.26 Å². The van der Waals surface area contributed by atoms with Gasteiger partial charge in [0.15, 0.2) is 0 Å². The van der Waals surface area contributed by atoms with Crippen LogP contribution >= 0.6 is 22.9 Å². The van der Waals surface area contributed by atoms with Crippen molar-refractivity contribution in [1.29, 1.82) is 5.26 Å². The lowest BCUT2D eigenvalue weighted by atomic mass is 10.2. The highest BCUT2D eigenvalue weighted by Crippen LogP contribution is 2.25. The molecular weight excluding hydrogens is 336 g/mol. The number of nitrogens with zero attached hydrogens (tertiary/aromatic N) is 1. The largest absolute Gasteiger partial charge is 0.327 e. The number of hydrogen-bond donors (Lipinski definition) is 3. The summed E-state index contributed by atoms with van der Waals surface area (Å²) in [6.45, 7) is 3.74. The van der Waals surface area contributed by atoms with Crippen LogP contribution in [0.15, 0.2) is 43.0 Å². The molecule has 2 rings (SSSR count). The first-order valence-corrected chi connectivity index (χ1v) is 7.51. The van der Waals surface area contributed by atoms with Gasteiger partial charge in [-0.25, -0.2) is 0 Å². The number of nitriles is 1. The minimum atomic E-state index is -0.877. The van der Waals surface area contributed by atoms with E-state index < -0.39 is 11.8 Å². The predicted octanol–water partition coefficient (Wildman–Crippen LogP) is 2.50. The van der Waals surface area contributed by atoms with Crippen molar-refractivity contribution in [2.75, 3.05) is 5.32 Å². The monoisotopic (exact) mass is 346 g/mol. The molecule has 0 aliphatic carbocycles. The highest BCUT2D eigenvalue weighted by Gasteiger charge is 2.14. The molecule has 1 heterocycles. The van der Waals surface area contributed by atoms with Gasteiger partial charge in [0.1, 0.15) is 0 Å². The predicted molar refractivity (Wildman–Crippen MR) is 89.4 cm³/mol. The molecule has 6 nitrogen and oxygen atoms in total. The van der Waals surface area contributed by atoms with Gasteiger partial charge in [-0.1, -0.05) is 18.2 Å². The van der Waals surface area contributed by atoms with E-state index in [0.717, 1.165) is 4.88 Å². The van der Waals surface area contributed by atoms with Crippen molar-refractivity contribution < 1.29 is 9.59 Å². The third kappa shape index (κ3) is 4.57. The van der Waals surface area contributed by atoms with Crippen molar-refractivity contribution in [3.05, 3.63) is 57.8 Å². The number of benzene rings is 1. The number of thiophene rings is 1. The Bertz CT molecular complexity index is 793. The molecule has 8 heteroatoms. The van der Waals surface area contributed by atoms with Crippen LogP contribution in [-0.2, 0) is 9.59 Å². The lowest BCUT2D eigenvalue weighted by Crippen LogP contribution is -2.42. The van der Waals surface area contributed by atoms with Crippen molar-refractivity contribution in [2.24, 2.45) is 0 Å². The van der Waals surface area contributed by atoms with Crippen LogP contribution in [0.1, 0.15) is 10.4 Å². The second kappa shape index (κ2) is 7.45. The minimum Gasteiger partial charge on any atom is -0.318 e. The molecule has 1 aromatic carbocycles. The van der Waals surface area contributed by atoms with Crippen molar-refractivity contribution in [1.82, 2.24) is 10.9 Å². The van der Waals surface area contributed by atoms with E-state index in [1.54, 1.807) is 12.1 Å². The van der Waals surface area contributed by atoms with Gasteiger partial charge in [-0.15, -0.1) is 11.3 Å². The Hall–Kier alpha value is -2.82. The number of nitrogens with one attached hydrogen (secondary N) is 3. The molecule has 0 unspecified atom stereocenters. The van der Waals surface area contributed by atoms with Crippen LogP contribution in [0.5, 0.6) is 0 Å². The summed E-state index contributed by atoms with van der Waals surface area (Å²) < 4.78 is 0.591. The Morgan fingerprint density at radius 2 is 1.78 bits per heavy atom. The first-order valence-electron chi connectivity index (χ1n) is 6.31. The summed E-state index contributed by atoms with van der Waals surface area (Å²) in [4.78, 5) is 24.2. The van der Waals surface area contributed by atoms with Crippen LogP contribution in [0.2, 0.25) is 4.34 Å². The Morgan fingerprint density at radius 3 is 2.35 bits per heavy atom. The van der Waals surface area contributed by atoms with Gasteiger partial charge in [0.05, 0.1) is 26.5 Å². The van der Waals surface area contributed by atoms with E-state index in [1.807, 2.05) is 6.07 Å². The Kier molecular flexibility index (Phi) is 5.36. The fourth-order valence-electron chi connectivity index (χ4n) is 1.54. The van der Waals surface area contributed by atoms with Crippen LogP contribution in [0.25, 0.3) is 5.70 Å². The number of carbonyl (C=O) groups is 2. The summed E-state index contributed by atoms with van der Waals surface area (Å²) in [7, 11) is 0. The quantitative estimate of drug-likeness (QED) is 0.585. The SMILES string of the molecule is C=C(NNC(=O)C(=O)Nc1ccc(C#N)cc1)c1ccc(Cl)s1. The van der Waals surface area contributed by atoms with E-state index in [9.17, 15) is 9.59 Å². The number of carbonyl (C=O) groups excluding carboxylic acids is 2. The fraction of sp³-hybridized carbons (Fsp3) is 0. The average Bonchev–Trinajstić information content (AvgIpc) is 2.99. The maximum atomic E-state index is 11.7. The number of hydrazine groups is 1. The molecule has 0 fully saturated rings. The van der Waals surface area contributed by atoms with Gasteiger partial charge in [0.25, 0.3) is 0 Å². The molecule has 0 saturated carbocycles. The first-order chi connectivity index (χ1) is 11.0. The lowest BCUT2D eigenvalue weighted by molar-refractivity contribution is -0.136. The molecule has 0 aliphatic heterocycles. The summed E-state index contributed by atoms with van der Waals surface area (Å²) in [5, 5.41) is 11.1. The average molecular weight is 347 g/mol. The molecule has 0 bridgehead atoms. The summed E-state index contributed by atoms with van der Waals surface area (Å²) >= 11 is 7.09. The van der Waals surface area contributed by atoms with Crippen molar-refractivity contribution in [3.63, 3.8) is 0 Å². The highest BCUT2D eigenvalue weighted by molar-refractivity contribution is 7.17. The summed E-state index contributed by atoms with van der Waals surface area (Å²) in [6, 6.07) is 11.5. The zero-order chi connectivity index (χ0) is 16.8. The Labute approximate surface area is 141 Å². The van der Waals surface area contributed by atoms with E-state index in [2.05, 4.69) is 22.7 Å². The number of halogens is 1. The number of rotatable bonds is 4. The molecule has 2 aromatic rings. The number of anilines is 1. The molecule has 0 saturated heterocycles. The van der Waals surface area contributed by atoms with Crippen LogP contribution < -0.4 is 16.2 Å². The second-order valence-electron chi connectivity index (χ2n) is 4.30. The van der Waals surface area contributed by atoms with Gasteiger partial charge >= 0.3 is 11.8 Å². The van der Waals surface area contributed by atoms with Gasteiger partial charge in [-0.05, 0) is 36.4 Å². The third-order valence-corrected chi connectivity index (χ3v) is 3.97. The molecule has 3 N–H and O–H groups in total. The Balaban J connectivity index is 1.86. The van der Waals surface area contributed by atoms with Gasteiger partial charge in [0, 0.05) is 5.69 Å². The zero-order valence-electron chi connectivity index (χ0n) is 11.7. The van der Waals surface area contributed by atoms with Gasteiger partial charge < -0.3 is 5.32 Å². The normalized spacial score (nSPS) is 9.57. The van der Waals surface area contributed by atoms with Crippen LogP contribution in [0.4, 0.5) is 5.69 Å². The topological polar surface area (TPSA) is 94.0 Å². The van der Waals surface area contributed by atoms with Crippen LogP contribution in [0.3, 0.4) is 0 Å². The molecule has 23 heavy (non-hydrogen) atoms. The zero-order valence-corrected chi connectivity index (χ0v) is 13.3. The maximum Gasteiger partial charge on any atom is 0.327 e. The van der Waals surface area contributed by atoms with E-state index in [-0.39, 0.29) is 0 Å². The summed E-state index contributed by atoms with van der Waals surface area (Å²) in [5.41, 5.74) is 6.08. The third-order valence-electron chi connectivity index (χ3n) is 2.68. The van der Waals surface area contributed by atoms with Crippen molar-refractivity contribution in [3.8, 4) is 6.07 Å². The van der Waals surface area contributed by atoms with Crippen LogP contribution in [0, 0.1) is 11.3 Å². The van der Waals surface area contributed by atoms with Crippen molar-refractivity contribution >= 4 is 46.1 Å². The van der Waals surface area contributed by atoms with E-state index >= 15 is 0 Å². The van der Waals surface area contributed by atoms with Crippen molar-refractivity contribution in [2.45, 2.75) is 0 Å². The fourth-order valence-corrected chi connectivity index (χ4v) is 2.51. The minimum absolute atomic E-state index is 0.410. The van der Waals surface area contributed by atoms with E-state index in [0.29, 0.717) is 21.3 Å². The molecule has 116 valence electrons. The summed E-state index contributed by atoms with van der Waals surface area (Å²) in [5.74, 6) is -1.72. The molecule has 0 radical (unpaired) electrons. The van der Waals surface area contributed by atoms with E-state index in [4.69, 9.17) is 16.9 Å². The number of hydrogen-bond acceptors (Lipinski definition) is 5. The molecule has 0 spiro atoms. The first kappa shape index (κ1) is 16.5. The molecule has 2 amide bonds. The summed E-state index contributed by atoms with van der Waals surface area (Å²) in [6.07, 6.45) is 0. The second-order valence-corrected chi connectivity index (χ2v) is 6.02. The standard InChI is InChI=1S/C15H11ClN4O2S/c1-9(12-6-7-13(16)23-12)19-20-15(22)14(21)18-11-4-2-10(8-17)3-5-11/h2-7,19H,1H2,(H,18,21)(H,20,22). The molecule has 0 aliphatic rings. The molecule has 0 atom stereocenters. The van der Waals surface area contributed by atoms with Gasteiger partial charge in [0.2, 0.25) is 0 Å². The number of amides is 2. The van der Waals surface area contributed by atoms with Crippen LogP contribution in [-0.4, -0.2) is 11.8 Å². The maximum absolute atomic E-state index is 11.7. The van der Waals surface area contributed by atoms with Gasteiger partial charge in [-0.3, -0.25) is 20.4 Å². The highest BCUT2D eigenvalue weighted by atomic mass is 35.5. The van der Waals surface area contributed by atoms with E-state index in [1.165, 1.54) is 35.6 Å². The Morgan fingerprint density at radius 1 is 1.09 bits per heavy atom. The molecule has 1 aromatic heterocycles. The molecular formula is C15H11ClN4O2S. The lowest BCUT2D eigenvalue weighted by Gasteiger charge is -2.09.